The third-order valence-corrected chi connectivity index (χ3v) is 5.59. The molecule has 1 aromatic heterocycles. The number of aliphatic hydroxyl groups excluding tert-OH is 1. The first kappa shape index (κ1) is 23.0. The number of nitrogens with zero attached hydrogens (tertiary/aromatic N) is 4. The van der Waals surface area contributed by atoms with Gasteiger partial charge in [-0.2, -0.15) is 18.2 Å². The highest BCUT2D eigenvalue weighted by molar-refractivity contribution is 5.94. The van der Waals surface area contributed by atoms with Gasteiger partial charge in [-0.1, -0.05) is 0 Å². The molecule has 4 rings (SSSR count). The summed E-state index contributed by atoms with van der Waals surface area (Å²) in [5.74, 6) is -1.64. The Hall–Kier alpha value is -3.19. The number of primary amides is 1. The maximum Gasteiger partial charge on any atom is 0.406 e. The van der Waals surface area contributed by atoms with Gasteiger partial charge in [0.05, 0.1) is 11.8 Å². The Morgan fingerprint density at radius 1 is 1.33 bits per heavy atom. The summed E-state index contributed by atoms with van der Waals surface area (Å²) in [7, 11) is 0. The molecule has 178 valence electrons. The topological polar surface area (TPSA) is 117 Å². The molecule has 0 radical (unpaired) electrons. The van der Waals surface area contributed by atoms with Crippen LogP contribution in [0.15, 0.2) is 18.3 Å². The number of aliphatic hydroxyl groups is 1. The van der Waals surface area contributed by atoms with Crippen LogP contribution in [0.1, 0.15) is 28.8 Å². The van der Waals surface area contributed by atoms with Crippen LogP contribution in [0, 0.1) is 12.7 Å². The summed E-state index contributed by atoms with van der Waals surface area (Å²) in [4.78, 5) is 22.0. The number of hydrogen-bond donors (Lipinski definition) is 3. The van der Waals surface area contributed by atoms with Gasteiger partial charge in [0.15, 0.2) is 5.82 Å². The summed E-state index contributed by atoms with van der Waals surface area (Å²) >= 11 is 0. The van der Waals surface area contributed by atoms with Gasteiger partial charge in [0.25, 0.3) is 5.91 Å². The molecule has 0 spiro atoms. The zero-order chi connectivity index (χ0) is 23.9. The van der Waals surface area contributed by atoms with Gasteiger partial charge < -0.3 is 30.7 Å². The molecule has 2 aliphatic rings. The van der Waals surface area contributed by atoms with Crippen molar-refractivity contribution in [2.45, 2.75) is 38.3 Å². The van der Waals surface area contributed by atoms with E-state index in [1.165, 1.54) is 17.2 Å². The number of amides is 1. The molecule has 1 unspecified atom stereocenters. The SMILES string of the molecule is Cc1cc(C(N)=O)c(F)cc1Nc1ncc2c(n1)N(C1CCOCC1)C(O)N2CC(F)(F)F. The van der Waals surface area contributed by atoms with Crippen molar-refractivity contribution in [2.75, 3.05) is 34.9 Å². The van der Waals surface area contributed by atoms with Crippen LogP contribution in [0.3, 0.4) is 0 Å². The van der Waals surface area contributed by atoms with Gasteiger partial charge in [-0.3, -0.25) is 4.79 Å². The fourth-order valence-electron chi connectivity index (χ4n) is 4.01. The van der Waals surface area contributed by atoms with Gasteiger partial charge in [-0.05, 0) is 37.5 Å². The van der Waals surface area contributed by atoms with Crippen LogP contribution in [-0.4, -0.2) is 59.3 Å². The zero-order valence-corrected chi connectivity index (χ0v) is 17.6. The van der Waals surface area contributed by atoms with Crippen molar-refractivity contribution >= 4 is 29.0 Å². The summed E-state index contributed by atoms with van der Waals surface area (Å²) in [6.45, 7) is 1.05. The first-order valence-corrected chi connectivity index (χ1v) is 10.2. The van der Waals surface area contributed by atoms with Crippen LogP contribution in [0.25, 0.3) is 0 Å². The van der Waals surface area contributed by atoms with E-state index in [1.54, 1.807) is 6.92 Å². The number of nitrogens with one attached hydrogen (secondary N) is 1. The standard InChI is InChI=1S/C20H22F4N6O3/c1-10-6-12(16(25)31)13(21)7-14(10)27-18-26-8-15-17(28-18)30(11-2-4-33-5-3-11)19(32)29(15)9-20(22,23)24/h6-8,11,19,32H,2-5,9H2,1H3,(H2,25,31)(H,26,27,28). The van der Waals surface area contributed by atoms with Crippen LogP contribution in [0.4, 0.5) is 40.7 Å². The van der Waals surface area contributed by atoms with E-state index in [2.05, 4.69) is 15.3 Å². The minimum Gasteiger partial charge on any atom is -0.381 e. The summed E-state index contributed by atoms with van der Waals surface area (Å²) < 4.78 is 59.1. The maximum absolute atomic E-state index is 14.2. The number of alkyl halides is 3. The van der Waals surface area contributed by atoms with Crippen molar-refractivity contribution in [2.24, 2.45) is 5.73 Å². The molecule has 33 heavy (non-hydrogen) atoms. The molecule has 13 heteroatoms. The molecule has 0 saturated carbocycles. The van der Waals surface area contributed by atoms with Gasteiger partial charge >= 0.3 is 6.18 Å². The Labute approximate surface area is 186 Å². The Morgan fingerprint density at radius 2 is 2.03 bits per heavy atom. The van der Waals surface area contributed by atoms with E-state index in [1.807, 2.05) is 0 Å². The van der Waals surface area contributed by atoms with Crippen molar-refractivity contribution in [3.05, 3.63) is 35.3 Å². The predicted octanol–water partition coefficient (Wildman–Crippen LogP) is 2.41. The number of benzene rings is 1. The zero-order valence-electron chi connectivity index (χ0n) is 17.6. The number of rotatable bonds is 5. The number of carbonyl (C=O) groups excluding carboxylic acids is 1. The molecule has 1 aromatic carbocycles. The molecular weight excluding hydrogens is 448 g/mol. The van der Waals surface area contributed by atoms with Crippen molar-refractivity contribution in [1.82, 2.24) is 9.97 Å². The van der Waals surface area contributed by atoms with Gasteiger partial charge in [-0.15, -0.1) is 0 Å². The monoisotopic (exact) mass is 470 g/mol. The molecule has 1 amide bonds. The first-order valence-electron chi connectivity index (χ1n) is 10.2. The molecule has 0 aliphatic carbocycles. The average molecular weight is 470 g/mol. The predicted molar refractivity (Wildman–Crippen MR) is 111 cm³/mol. The third-order valence-electron chi connectivity index (χ3n) is 5.59. The number of carbonyl (C=O) groups is 1. The van der Waals surface area contributed by atoms with Crippen LogP contribution < -0.4 is 20.9 Å². The minimum absolute atomic E-state index is 0.0128. The Bertz CT molecular complexity index is 1060. The number of halogens is 4. The smallest absolute Gasteiger partial charge is 0.381 e. The van der Waals surface area contributed by atoms with Gasteiger partial charge in [0, 0.05) is 24.9 Å². The van der Waals surface area contributed by atoms with E-state index in [0.29, 0.717) is 31.6 Å². The highest BCUT2D eigenvalue weighted by atomic mass is 19.4. The minimum atomic E-state index is -4.56. The van der Waals surface area contributed by atoms with E-state index < -0.39 is 30.8 Å². The second-order valence-corrected chi connectivity index (χ2v) is 7.88. The average Bonchev–Trinajstić information content (AvgIpc) is 3.00. The number of ether oxygens (including phenoxy) is 1. The lowest BCUT2D eigenvalue weighted by Gasteiger charge is -2.36. The molecule has 1 saturated heterocycles. The molecular formula is C20H22F4N6O3. The fourth-order valence-corrected chi connectivity index (χ4v) is 4.01. The molecule has 4 N–H and O–H groups in total. The fraction of sp³-hybridized carbons (Fsp3) is 0.450. The van der Waals surface area contributed by atoms with Gasteiger partial charge in [-0.25, -0.2) is 9.37 Å². The van der Waals surface area contributed by atoms with Crippen LogP contribution in [-0.2, 0) is 4.74 Å². The molecule has 1 atom stereocenters. The van der Waals surface area contributed by atoms with E-state index in [4.69, 9.17) is 10.5 Å². The normalized spacial score (nSPS) is 19.0. The third kappa shape index (κ3) is 4.64. The number of anilines is 4. The number of aryl methyl sites for hydroxylation is 1. The summed E-state index contributed by atoms with van der Waals surface area (Å²) in [6.07, 6.45) is -3.95. The molecule has 3 heterocycles. The van der Waals surface area contributed by atoms with E-state index in [9.17, 15) is 27.5 Å². The first-order chi connectivity index (χ1) is 15.5. The van der Waals surface area contributed by atoms with Crippen molar-refractivity contribution in [1.29, 1.82) is 0 Å². The largest absolute Gasteiger partial charge is 0.406 e. The number of hydrogen-bond acceptors (Lipinski definition) is 8. The maximum atomic E-state index is 14.2. The van der Waals surface area contributed by atoms with E-state index in [0.717, 1.165) is 11.0 Å². The van der Waals surface area contributed by atoms with Crippen LogP contribution in [0.5, 0.6) is 0 Å². The second kappa shape index (κ2) is 8.63. The number of fused-ring (bicyclic) bond motifs is 1. The van der Waals surface area contributed by atoms with E-state index >= 15 is 0 Å². The van der Waals surface area contributed by atoms with Crippen molar-refractivity contribution in [3.63, 3.8) is 0 Å². The molecule has 2 aliphatic heterocycles. The van der Waals surface area contributed by atoms with Gasteiger partial charge in [0.2, 0.25) is 12.3 Å². The van der Waals surface area contributed by atoms with Crippen LogP contribution in [0.2, 0.25) is 0 Å². The summed E-state index contributed by atoms with van der Waals surface area (Å²) in [5.41, 5.74) is 5.65. The Kier molecular flexibility index (Phi) is 6.01. The molecule has 2 aromatic rings. The molecule has 1 fully saturated rings. The summed E-state index contributed by atoms with van der Waals surface area (Å²) in [6, 6.07) is 2.05. The van der Waals surface area contributed by atoms with E-state index in [-0.39, 0.29) is 34.7 Å². The lowest BCUT2D eigenvalue weighted by Crippen LogP contribution is -2.52. The molecule has 9 nitrogen and oxygen atoms in total. The molecule has 0 bridgehead atoms. The highest BCUT2D eigenvalue weighted by Gasteiger charge is 2.45. The Balaban J connectivity index is 1.69. The quantitative estimate of drug-likeness (QED) is 0.571. The van der Waals surface area contributed by atoms with Crippen LogP contribution >= 0.6 is 0 Å². The number of aromatic nitrogens is 2. The van der Waals surface area contributed by atoms with Crippen molar-refractivity contribution < 1.29 is 32.2 Å². The lowest BCUT2D eigenvalue weighted by atomic mass is 10.1. The highest BCUT2D eigenvalue weighted by Crippen LogP contribution is 2.42. The lowest BCUT2D eigenvalue weighted by molar-refractivity contribution is -0.123. The number of nitrogens with two attached hydrogens (primary N) is 1. The summed E-state index contributed by atoms with van der Waals surface area (Å²) in [5, 5.41) is 13.6. The van der Waals surface area contributed by atoms with Crippen molar-refractivity contribution in [3.8, 4) is 0 Å². The van der Waals surface area contributed by atoms with Gasteiger partial charge in [0.1, 0.15) is 18.0 Å². The second-order valence-electron chi connectivity index (χ2n) is 7.88. The Morgan fingerprint density at radius 3 is 2.67 bits per heavy atom.